The van der Waals surface area contributed by atoms with Gasteiger partial charge in [-0.25, -0.2) is 4.79 Å². The Morgan fingerprint density at radius 1 is 1.25 bits per heavy atom. The highest BCUT2D eigenvalue weighted by molar-refractivity contribution is 6.39. The number of benzene rings is 1. The topological polar surface area (TPSA) is 113 Å². The van der Waals surface area contributed by atoms with Crippen molar-refractivity contribution < 1.29 is 23.3 Å². The Kier molecular flexibility index (Phi) is 5.91. The number of carbonyl (C=O) groups excluding carboxylic acids is 1. The minimum atomic E-state index is -0.587. The fraction of sp³-hybridized carbons (Fsp3) is 0.167. The summed E-state index contributed by atoms with van der Waals surface area (Å²) in [5.41, 5.74) is 7.29. The second-order valence-corrected chi connectivity index (χ2v) is 6.38. The number of aromatic nitrogens is 1. The molecule has 3 rings (SSSR count). The molecule has 28 heavy (non-hydrogen) atoms. The van der Waals surface area contributed by atoms with E-state index in [1.807, 2.05) is 0 Å². The molecule has 0 bridgehead atoms. The maximum atomic E-state index is 11.4. The van der Waals surface area contributed by atoms with Crippen LogP contribution in [0.3, 0.4) is 0 Å². The summed E-state index contributed by atoms with van der Waals surface area (Å²) in [6, 6.07) is 8.11. The van der Waals surface area contributed by atoms with E-state index in [0.717, 1.165) is 0 Å². The summed E-state index contributed by atoms with van der Waals surface area (Å²) >= 11 is 12.5. The van der Waals surface area contributed by atoms with Crippen LogP contribution in [0, 0.1) is 6.92 Å². The van der Waals surface area contributed by atoms with Gasteiger partial charge >= 0.3 is 5.97 Å². The molecule has 0 aliphatic carbocycles. The molecule has 2 aromatic heterocycles. The van der Waals surface area contributed by atoms with Crippen LogP contribution in [0.2, 0.25) is 10.0 Å². The summed E-state index contributed by atoms with van der Waals surface area (Å²) in [6.45, 7) is 1.62. The first-order valence-electron chi connectivity index (χ1n) is 7.95. The number of oxime groups is 1. The fourth-order valence-electron chi connectivity index (χ4n) is 2.45. The number of hydrogen-bond acceptors (Lipinski definition) is 7. The lowest BCUT2D eigenvalue weighted by molar-refractivity contribution is 0.0553. The predicted octanol–water partition coefficient (Wildman–Crippen LogP) is 4.17. The Morgan fingerprint density at radius 3 is 2.64 bits per heavy atom. The molecule has 146 valence electrons. The molecule has 0 aliphatic rings. The van der Waals surface area contributed by atoms with Crippen molar-refractivity contribution in [2.24, 2.45) is 10.9 Å². The molecule has 3 aromatic rings. The number of halogens is 2. The van der Waals surface area contributed by atoms with Gasteiger partial charge in [0.15, 0.2) is 12.4 Å². The van der Waals surface area contributed by atoms with Crippen LogP contribution < -0.4 is 5.73 Å². The Balaban J connectivity index is 1.81. The molecule has 0 spiro atoms. The third kappa shape index (κ3) is 3.97. The molecule has 8 nitrogen and oxygen atoms in total. The normalized spacial score (nSPS) is 11.5. The SMILES string of the molecule is COC(=O)c1ccc(CO/N=C(/N)c2c(-c3c(Cl)cccc3Cl)noc2C)o1. The van der Waals surface area contributed by atoms with Crippen LogP contribution >= 0.6 is 23.2 Å². The highest BCUT2D eigenvalue weighted by Crippen LogP contribution is 2.36. The van der Waals surface area contributed by atoms with E-state index >= 15 is 0 Å². The van der Waals surface area contributed by atoms with E-state index in [4.69, 9.17) is 42.7 Å². The van der Waals surface area contributed by atoms with Crippen molar-refractivity contribution in [3.05, 3.63) is 63.2 Å². The van der Waals surface area contributed by atoms with Gasteiger partial charge < -0.3 is 24.2 Å². The monoisotopic (exact) mass is 423 g/mol. The molecular formula is C18H15Cl2N3O5. The van der Waals surface area contributed by atoms with Gasteiger partial charge in [-0.15, -0.1) is 0 Å². The van der Waals surface area contributed by atoms with Crippen LogP contribution in [0.25, 0.3) is 11.3 Å². The van der Waals surface area contributed by atoms with Crippen LogP contribution in [-0.2, 0) is 16.2 Å². The molecule has 0 saturated heterocycles. The second-order valence-electron chi connectivity index (χ2n) is 5.57. The molecule has 0 unspecified atom stereocenters. The van der Waals surface area contributed by atoms with Crippen LogP contribution in [0.15, 0.2) is 44.4 Å². The zero-order chi connectivity index (χ0) is 20.3. The van der Waals surface area contributed by atoms with Gasteiger partial charge in [-0.1, -0.05) is 39.6 Å². The second kappa shape index (κ2) is 8.37. The predicted molar refractivity (Wildman–Crippen MR) is 102 cm³/mol. The summed E-state index contributed by atoms with van der Waals surface area (Å²) in [5, 5.41) is 8.65. The van der Waals surface area contributed by atoms with Crippen molar-refractivity contribution in [3.8, 4) is 11.3 Å². The van der Waals surface area contributed by atoms with E-state index in [-0.39, 0.29) is 18.2 Å². The molecule has 10 heteroatoms. The number of furan rings is 1. The maximum absolute atomic E-state index is 11.4. The molecule has 1 aromatic carbocycles. The molecule has 0 fully saturated rings. The first kappa shape index (κ1) is 19.8. The van der Waals surface area contributed by atoms with Gasteiger partial charge in [-0.05, 0) is 31.2 Å². The van der Waals surface area contributed by atoms with Crippen LogP contribution in [-0.4, -0.2) is 24.1 Å². The number of nitrogens with two attached hydrogens (primary N) is 1. The van der Waals surface area contributed by atoms with Crippen molar-refractivity contribution >= 4 is 35.0 Å². The zero-order valence-corrected chi connectivity index (χ0v) is 16.4. The minimum absolute atomic E-state index is 0.0180. The molecule has 0 atom stereocenters. The molecule has 0 aliphatic heterocycles. The van der Waals surface area contributed by atoms with E-state index in [1.54, 1.807) is 31.2 Å². The van der Waals surface area contributed by atoms with E-state index in [9.17, 15) is 4.79 Å². The fourth-order valence-corrected chi connectivity index (χ4v) is 3.02. The van der Waals surface area contributed by atoms with Gasteiger partial charge in [-0.3, -0.25) is 0 Å². The summed E-state index contributed by atoms with van der Waals surface area (Å²) in [7, 11) is 1.26. The quantitative estimate of drug-likeness (QED) is 0.273. The van der Waals surface area contributed by atoms with Gasteiger partial charge in [-0.2, -0.15) is 0 Å². The Labute approximate surface area is 169 Å². The number of rotatable bonds is 6. The first-order valence-corrected chi connectivity index (χ1v) is 8.71. The molecular weight excluding hydrogens is 409 g/mol. The van der Waals surface area contributed by atoms with E-state index in [1.165, 1.54) is 13.2 Å². The Bertz CT molecular complexity index is 1020. The molecule has 0 radical (unpaired) electrons. The van der Waals surface area contributed by atoms with E-state index in [0.29, 0.717) is 38.4 Å². The summed E-state index contributed by atoms with van der Waals surface area (Å²) in [5.74, 6) is 0.277. The summed E-state index contributed by atoms with van der Waals surface area (Å²) in [4.78, 5) is 16.6. The van der Waals surface area contributed by atoms with Crippen molar-refractivity contribution in [3.63, 3.8) is 0 Å². The van der Waals surface area contributed by atoms with Gasteiger partial charge in [0.05, 0.1) is 22.7 Å². The van der Waals surface area contributed by atoms with Crippen LogP contribution in [0.5, 0.6) is 0 Å². The molecule has 0 amide bonds. The number of esters is 1. The standard InChI is InChI=1S/C18H15Cl2N3O5/c1-9-14(16(22-28-9)15-11(19)4-3-5-12(15)20)17(21)23-26-8-10-6-7-13(27-10)18(24)25-2/h3-7H,8H2,1-2H3,(H2,21,23). The van der Waals surface area contributed by atoms with Crippen LogP contribution in [0.4, 0.5) is 0 Å². The highest BCUT2D eigenvalue weighted by atomic mass is 35.5. The smallest absolute Gasteiger partial charge is 0.373 e. The third-order valence-corrected chi connectivity index (χ3v) is 4.37. The third-order valence-electron chi connectivity index (χ3n) is 3.74. The summed E-state index contributed by atoms with van der Waals surface area (Å²) < 4.78 is 15.1. The van der Waals surface area contributed by atoms with Crippen LogP contribution in [0.1, 0.15) is 27.6 Å². The largest absolute Gasteiger partial charge is 0.463 e. The lowest BCUT2D eigenvalue weighted by atomic mass is 10.1. The number of nitrogens with zero attached hydrogens (tertiary/aromatic N) is 2. The average Bonchev–Trinajstić information content (AvgIpc) is 3.28. The number of hydrogen-bond donors (Lipinski definition) is 1. The van der Waals surface area contributed by atoms with Gasteiger partial charge in [0.25, 0.3) is 0 Å². The van der Waals surface area contributed by atoms with Gasteiger partial charge in [0.2, 0.25) is 5.76 Å². The molecule has 0 saturated carbocycles. The molecule has 2 heterocycles. The van der Waals surface area contributed by atoms with E-state index < -0.39 is 5.97 Å². The van der Waals surface area contributed by atoms with Crippen molar-refractivity contribution in [2.75, 3.05) is 7.11 Å². The Morgan fingerprint density at radius 2 is 1.96 bits per heavy atom. The lowest BCUT2D eigenvalue weighted by Gasteiger charge is -2.06. The van der Waals surface area contributed by atoms with Crippen molar-refractivity contribution in [1.29, 1.82) is 0 Å². The maximum Gasteiger partial charge on any atom is 0.373 e. The Hall–Kier alpha value is -2.97. The number of ether oxygens (including phenoxy) is 1. The van der Waals surface area contributed by atoms with Crippen molar-refractivity contribution in [1.82, 2.24) is 5.16 Å². The first-order chi connectivity index (χ1) is 13.4. The van der Waals surface area contributed by atoms with Gasteiger partial charge in [0.1, 0.15) is 17.2 Å². The zero-order valence-electron chi connectivity index (χ0n) is 14.9. The lowest BCUT2D eigenvalue weighted by Crippen LogP contribution is -2.15. The minimum Gasteiger partial charge on any atom is -0.463 e. The van der Waals surface area contributed by atoms with Gasteiger partial charge in [0, 0.05) is 5.56 Å². The van der Waals surface area contributed by atoms with Crippen molar-refractivity contribution in [2.45, 2.75) is 13.5 Å². The number of amidine groups is 1. The average molecular weight is 424 g/mol. The summed E-state index contributed by atoms with van der Waals surface area (Å²) in [6.07, 6.45) is 0. The number of methoxy groups -OCH3 is 1. The molecule has 2 N–H and O–H groups in total. The number of carbonyl (C=O) groups is 1. The highest BCUT2D eigenvalue weighted by Gasteiger charge is 2.22. The number of aryl methyl sites for hydroxylation is 1. The van der Waals surface area contributed by atoms with E-state index in [2.05, 4.69) is 15.0 Å².